The van der Waals surface area contributed by atoms with E-state index in [2.05, 4.69) is 10.6 Å². The summed E-state index contributed by atoms with van der Waals surface area (Å²) in [5.74, 6) is -8.46. The van der Waals surface area contributed by atoms with Crippen molar-refractivity contribution in [3.8, 4) is 11.1 Å². The zero-order chi connectivity index (χ0) is 25.2. The lowest BCUT2D eigenvalue weighted by Crippen LogP contribution is -2.48. The van der Waals surface area contributed by atoms with Crippen LogP contribution < -0.4 is 10.6 Å². The summed E-state index contributed by atoms with van der Waals surface area (Å²) in [6.45, 7) is -0.406. The molecule has 3 atom stereocenters. The van der Waals surface area contributed by atoms with Crippen LogP contribution in [-0.2, 0) is 14.3 Å². The summed E-state index contributed by atoms with van der Waals surface area (Å²) in [6.07, 6.45) is 1.32. The molecule has 10 heteroatoms. The highest BCUT2D eigenvalue weighted by Crippen LogP contribution is 2.54. The van der Waals surface area contributed by atoms with Crippen LogP contribution in [0.5, 0.6) is 0 Å². The number of carboxylic acid groups (broad SMARTS) is 1. The van der Waals surface area contributed by atoms with Crippen LogP contribution in [0.4, 0.5) is 13.6 Å². The molecule has 2 aliphatic carbocycles. The van der Waals surface area contributed by atoms with E-state index in [9.17, 15) is 23.2 Å². The highest BCUT2D eigenvalue weighted by Gasteiger charge is 2.72. The van der Waals surface area contributed by atoms with E-state index in [1.807, 2.05) is 54.8 Å². The molecule has 2 aromatic rings. The van der Waals surface area contributed by atoms with Gasteiger partial charge in [-0.15, -0.1) is 0 Å². The molecule has 2 amide bonds. The second-order valence-corrected chi connectivity index (χ2v) is 9.63. The predicted octanol–water partition coefficient (Wildman–Crippen LogP) is 3.73. The van der Waals surface area contributed by atoms with E-state index in [4.69, 9.17) is 9.84 Å². The van der Waals surface area contributed by atoms with Crippen LogP contribution in [-0.4, -0.2) is 60.2 Å². The maximum absolute atomic E-state index is 13.6. The summed E-state index contributed by atoms with van der Waals surface area (Å²) in [5, 5.41) is 13.8. The van der Waals surface area contributed by atoms with Crippen molar-refractivity contribution in [3.63, 3.8) is 0 Å². The van der Waals surface area contributed by atoms with Crippen molar-refractivity contribution >= 4 is 29.7 Å². The Balaban J connectivity index is 1.35. The molecule has 2 aromatic carbocycles. The molecule has 186 valence electrons. The lowest BCUT2D eigenvalue weighted by molar-refractivity contribution is -0.141. The van der Waals surface area contributed by atoms with Crippen LogP contribution >= 0.6 is 11.8 Å². The number of alkyl halides is 2. The number of amides is 2. The van der Waals surface area contributed by atoms with E-state index < -0.39 is 48.3 Å². The number of nitrogens with one attached hydrogen (secondary N) is 2. The maximum atomic E-state index is 13.6. The third kappa shape index (κ3) is 5.12. The number of thioether (sulfide) groups is 1. The third-order valence-corrected chi connectivity index (χ3v) is 7.17. The highest BCUT2D eigenvalue weighted by atomic mass is 32.2. The van der Waals surface area contributed by atoms with Gasteiger partial charge in [-0.05, 0) is 40.7 Å². The lowest BCUT2D eigenvalue weighted by atomic mass is 9.98. The smallest absolute Gasteiger partial charge is 0.407 e. The molecule has 2 aliphatic rings. The van der Waals surface area contributed by atoms with Crippen molar-refractivity contribution in [1.82, 2.24) is 10.6 Å². The Morgan fingerprint density at radius 2 is 1.69 bits per heavy atom. The number of halogens is 2. The van der Waals surface area contributed by atoms with E-state index in [1.165, 1.54) is 11.8 Å². The molecule has 0 spiro atoms. The van der Waals surface area contributed by atoms with Crippen LogP contribution in [0.1, 0.15) is 23.5 Å². The molecule has 0 aliphatic heterocycles. The quantitative estimate of drug-likeness (QED) is 0.456. The van der Waals surface area contributed by atoms with Gasteiger partial charge in [-0.25, -0.2) is 13.6 Å². The molecule has 7 nitrogen and oxygen atoms in total. The van der Waals surface area contributed by atoms with E-state index in [0.29, 0.717) is 5.75 Å². The number of aliphatic carboxylic acids is 1. The molecule has 0 radical (unpaired) electrons. The summed E-state index contributed by atoms with van der Waals surface area (Å²) in [7, 11) is 0. The van der Waals surface area contributed by atoms with Gasteiger partial charge in [0, 0.05) is 12.5 Å². The van der Waals surface area contributed by atoms with Crippen LogP contribution in [0.25, 0.3) is 11.1 Å². The van der Waals surface area contributed by atoms with Gasteiger partial charge in [0.05, 0.1) is 5.92 Å². The third-order valence-electron chi connectivity index (χ3n) is 6.53. The fourth-order valence-corrected chi connectivity index (χ4v) is 5.07. The standard InChI is InChI=1S/C25H26F2N2O5S/c1-35-11-10-20(22(30)28-12-19-21(23(31)32)25(19,26)27)29-24(33)34-13-18-16-8-4-2-6-14(16)15-7-3-5-9-17(15)18/h2-9,18-21H,10-13H2,1H3,(H,28,30)(H,29,33)(H,31,32)/t19-,20+,21-/m1/s1. The van der Waals surface area contributed by atoms with Gasteiger partial charge < -0.3 is 20.5 Å². The molecule has 0 unspecified atom stereocenters. The molecule has 1 fully saturated rings. The minimum Gasteiger partial charge on any atom is -0.481 e. The summed E-state index contributed by atoms with van der Waals surface area (Å²) in [4.78, 5) is 36.1. The van der Waals surface area contributed by atoms with Gasteiger partial charge in [0.25, 0.3) is 5.92 Å². The molecular weight excluding hydrogens is 478 g/mol. The number of carbonyl (C=O) groups is 3. The minimum atomic E-state index is -3.35. The Morgan fingerprint density at radius 1 is 1.09 bits per heavy atom. The van der Waals surface area contributed by atoms with Gasteiger partial charge in [0.2, 0.25) is 5.91 Å². The van der Waals surface area contributed by atoms with Crippen LogP contribution in [0.15, 0.2) is 48.5 Å². The van der Waals surface area contributed by atoms with Crippen LogP contribution in [0.3, 0.4) is 0 Å². The number of carboxylic acids is 1. The number of alkyl carbamates (subject to hydrolysis) is 1. The first-order chi connectivity index (χ1) is 16.8. The first kappa shape index (κ1) is 25.0. The number of benzene rings is 2. The fraction of sp³-hybridized carbons (Fsp3) is 0.400. The van der Waals surface area contributed by atoms with Crippen molar-refractivity contribution in [2.45, 2.75) is 24.3 Å². The van der Waals surface area contributed by atoms with Gasteiger partial charge in [0.15, 0.2) is 0 Å². The number of carbonyl (C=O) groups excluding carboxylic acids is 2. The van der Waals surface area contributed by atoms with E-state index >= 15 is 0 Å². The van der Waals surface area contributed by atoms with Crippen molar-refractivity contribution in [2.75, 3.05) is 25.2 Å². The Bertz CT molecular complexity index is 1080. The zero-order valence-electron chi connectivity index (χ0n) is 19.0. The summed E-state index contributed by atoms with van der Waals surface area (Å²) in [5.41, 5.74) is 4.28. The van der Waals surface area contributed by atoms with Gasteiger partial charge in [-0.3, -0.25) is 9.59 Å². The first-order valence-corrected chi connectivity index (χ1v) is 12.6. The molecule has 1 saturated carbocycles. The van der Waals surface area contributed by atoms with Gasteiger partial charge in [0.1, 0.15) is 18.6 Å². The normalized spacial score (nSPS) is 20.3. The van der Waals surface area contributed by atoms with Gasteiger partial charge in [-0.2, -0.15) is 11.8 Å². The average molecular weight is 505 g/mol. The lowest BCUT2D eigenvalue weighted by Gasteiger charge is -2.19. The molecular formula is C25H26F2N2O5S. The van der Waals surface area contributed by atoms with Crippen molar-refractivity contribution < 1.29 is 33.0 Å². The first-order valence-electron chi connectivity index (χ1n) is 11.2. The highest BCUT2D eigenvalue weighted by molar-refractivity contribution is 7.98. The molecule has 0 bridgehead atoms. The summed E-state index contributed by atoms with van der Waals surface area (Å²) >= 11 is 1.46. The summed E-state index contributed by atoms with van der Waals surface area (Å²) < 4.78 is 32.7. The predicted molar refractivity (Wildman–Crippen MR) is 128 cm³/mol. The number of hydrogen-bond acceptors (Lipinski definition) is 5. The molecule has 0 aromatic heterocycles. The molecule has 4 rings (SSSR count). The molecule has 35 heavy (non-hydrogen) atoms. The van der Waals surface area contributed by atoms with Crippen molar-refractivity contribution in [1.29, 1.82) is 0 Å². The summed E-state index contributed by atoms with van der Waals surface area (Å²) in [6, 6.07) is 14.8. The van der Waals surface area contributed by atoms with Gasteiger partial charge in [-0.1, -0.05) is 48.5 Å². The SMILES string of the molecule is CSCC[C@H](NC(=O)OCC1c2ccccc2-c2ccccc21)C(=O)NC[C@@H]1[C@H](C(=O)O)C1(F)F. The van der Waals surface area contributed by atoms with Crippen molar-refractivity contribution in [3.05, 3.63) is 59.7 Å². The largest absolute Gasteiger partial charge is 0.481 e. The van der Waals surface area contributed by atoms with Gasteiger partial charge >= 0.3 is 12.1 Å². The molecule has 3 N–H and O–H groups in total. The second kappa shape index (κ2) is 10.2. The number of fused-ring (bicyclic) bond motifs is 3. The number of ether oxygens (including phenoxy) is 1. The Kier molecular flexibility index (Phi) is 7.30. The van der Waals surface area contributed by atoms with E-state index in [1.54, 1.807) is 0 Å². The molecule has 0 saturated heterocycles. The van der Waals surface area contributed by atoms with Crippen molar-refractivity contribution in [2.24, 2.45) is 11.8 Å². The molecule has 0 heterocycles. The Morgan fingerprint density at radius 3 is 2.23 bits per heavy atom. The topological polar surface area (TPSA) is 105 Å². The maximum Gasteiger partial charge on any atom is 0.407 e. The Hall–Kier alpha value is -3.14. The zero-order valence-corrected chi connectivity index (χ0v) is 19.8. The number of rotatable bonds is 10. The second-order valence-electron chi connectivity index (χ2n) is 8.65. The van der Waals surface area contributed by atoms with Crippen LogP contribution in [0, 0.1) is 11.8 Å². The number of hydrogen-bond donors (Lipinski definition) is 3. The minimum absolute atomic E-state index is 0.0747. The fourth-order valence-electron chi connectivity index (χ4n) is 4.60. The monoisotopic (exact) mass is 504 g/mol. The Labute approximate surface area is 205 Å². The average Bonchev–Trinajstić information content (AvgIpc) is 3.25. The van der Waals surface area contributed by atoms with Crippen LogP contribution in [0.2, 0.25) is 0 Å². The van der Waals surface area contributed by atoms with E-state index in [0.717, 1.165) is 22.3 Å². The van der Waals surface area contributed by atoms with E-state index in [-0.39, 0.29) is 18.9 Å².